The predicted octanol–water partition coefficient (Wildman–Crippen LogP) is 4.24. The molecular formula is C23H29NO3. The molecule has 4 heteroatoms. The van der Waals surface area contributed by atoms with E-state index in [9.17, 15) is 9.59 Å². The molecule has 1 aromatic carbocycles. The number of hydrogen-bond acceptors (Lipinski definition) is 4. The Kier molecular flexibility index (Phi) is 4.61. The van der Waals surface area contributed by atoms with Crippen molar-refractivity contribution in [2.75, 3.05) is 18.6 Å². The highest BCUT2D eigenvalue weighted by atomic mass is 16.5. The number of hydrogen-bond donors (Lipinski definition) is 0. The summed E-state index contributed by atoms with van der Waals surface area (Å²) in [5.41, 5.74) is 3.03. The van der Waals surface area contributed by atoms with Crippen molar-refractivity contribution < 1.29 is 14.3 Å². The van der Waals surface area contributed by atoms with Crippen LogP contribution >= 0.6 is 0 Å². The van der Waals surface area contributed by atoms with Gasteiger partial charge >= 0.3 is 5.97 Å². The molecule has 0 amide bonds. The van der Waals surface area contributed by atoms with E-state index in [0.29, 0.717) is 18.3 Å². The first kappa shape index (κ1) is 18.3. The van der Waals surface area contributed by atoms with Gasteiger partial charge in [0.2, 0.25) is 0 Å². The third-order valence-corrected chi connectivity index (χ3v) is 6.93. The molecule has 0 unspecified atom stereocenters. The van der Waals surface area contributed by atoms with Gasteiger partial charge in [-0.05, 0) is 48.6 Å². The summed E-state index contributed by atoms with van der Waals surface area (Å²) in [7, 11) is 1.98. The lowest BCUT2D eigenvalue weighted by atomic mass is 9.83. The Bertz CT molecular complexity index is 795. The van der Waals surface area contributed by atoms with Crippen LogP contribution in [0.2, 0.25) is 0 Å². The number of nitrogens with zero attached hydrogens (tertiary/aromatic N) is 1. The highest BCUT2D eigenvalue weighted by Crippen LogP contribution is 2.49. The third-order valence-electron chi connectivity index (χ3n) is 6.93. The first-order chi connectivity index (χ1) is 12.9. The minimum atomic E-state index is -0.242. The number of carbonyl (C=O) groups excluding carboxylic acids is 2. The summed E-state index contributed by atoms with van der Waals surface area (Å²) >= 11 is 0. The second kappa shape index (κ2) is 6.81. The van der Waals surface area contributed by atoms with Crippen molar-refractivity contribution in [3.8, 4) is 0 Å². The molecule has 1 heterocycles. The Morgan fingerprint density at radius 1 is 1.22 bits per heavy atom. The predicted molar refractivity (Wildman–Crippen MR) is 105 cm³/mol. The van der Waals surface area contributed by atoms with Crippen LogP contribution in [0.25, 0.3) is 0 Å². The fourth-order valence-electron chi connectivity index (χ4n) is 5.50. The van der Waals surface area contributed by atoms with E-state index < -0.39 is 0 Å². The number of allylic oxidation sites excluding steroid dienone is 1. The lowest BCUT2D eigenvalue weighted by molar-refractivity contribution is -0.148. The molecule has 4 nitrogen and oxygen atoms in total. The number of carbonyl (C=O) groups is 2. The zero-order chi connectivity index (χ0) is 19.2. The van der Waals surface area contributed by atoms with E-state index in [0.717, 1.165) is 23.7 Å². The molecule has 144 valence electrons. The van der Waals surface area contributed by atoms with Crippen molar-refractivity contribution >= 4 is 17.4 Å². The summed E-state index contributed by atoms with van der Waals surface area (Å²) in [4.78, 5) is 26.7. The van der Waals surface area contributed by atoms with Crippen LogP contribution < -0.4 is 4.90 Å². The molecule has 4 rings (SSSR count). The Hall–Kier alpha value is -2.10. The Morgan fingerprint density at radius 3 is 2.67 bits per heavy atom. The molecule has 0 radical (unpaired) electrons. The maximum Gasteiger partial charge on any atom is 0.306 e. The van der Waals surface area contributed by atoms with E-state index in [1.54, 1.807) is 6.08 Å². The van der Waals surface area contributed by atoms with Gasteiger partial charge in [0.25, 0.3) is 0 Å². The number of benzene rings is 1. The summed E-state index contributed by atoms with van der Waals surface area (Å²) < 4.78 is 5.31. The maximum atomic E-state index is 12.5. The monoisotopic (exact) mass is 367 g/mol. The summed E-state index contributed by atoms with van der Waals surface area (Å²) in [6.45, 7) is 4.08. The number of anilines is 1. The van der Waals surface area contributed by atoms with E-state index in [1.165, 1.54) is 24.8 Å². The number of para-hydroxylation sites is 1. The molecule has 2 bridgehead atoms. The van der Waals surface area contributed by atoms with Crippen LogP contribution in [0.3, 0.4) is 0 Å². The highest BCUT2D eigenvalue weighted by Gasteiger charge is 2.41. The van der Waals surface area contributed by atoms with Crippen LogP contribution in [-0.2, 0) is 19.7 Å². The number of ketones is 1. The lowest BCUT2D eigenvalue weighted by Gasteiger charge is -2.24. The molecule has 2 saturated carbocycles. The molecular weight excluding hydrogens is 338 g/mol. The van der Waals surface area contributed by atoms with Gasteiger partial charge in [-0.2, -0.15) is 0 Å². The first-order valence-corrected chi connectivity index (χ1v) is 10.1. The number of ether oxygens (including phenoxy) is 1. The standard InChI is InChI=1S/C23H29NO3/c1-23(2)19-6-4-5-7-20(19)24(3)21(23)13-18(25)14-27-22(26)12-17-11-15-8-9-16(17)10-15/h4-7,13,15-17H,8-12,14H2,1-3H3/t15-,16+,17+/m0/s1. The Morgan fingerprint density at radius 2 is 2.00 bits per heavy atom. The zero-order valence-electron chi connectivity index (χ0n) is 16.5. The molecule has 1 aromatic rings. The zero-order valence-corrected chi connectivity index (χ0v) is 16.5. The van der Waals surface area contributed by atoms with Crippen molar-refractivity contribution in [2.24, 2.45) is 17.8 Å². The van der Waals surface area contributed by atoms with E-state index in [2.05, 4.69) is 30.9 Å². The van der Waals surface area contributed by atoms with Gasteiger partial charge in [0.05, 0.1) is 0 Å². The van der Waals surface area contributed by atoms with E-state index in [-0.39, 0.29) is 23.8 Å². The van der Waals surface area contributed by atoms with Crippen molar-refractivity contribution in [1.82, 2.24) is 0 Å². The van der Waals surface area contributed by atoms with Crippen molar-refractivity contribution in [3.63, 3.8) is 0 Å². The minimum absolute atomic E-state index is 0.154. The molecule has 0 aromatic heterocycles. The Balaban J connectivity index is 1.36. The molecule has 27 heavy (non-hydrogen) atoms. The molecule has 0 spiro atoms. The van der Waals surface area contributed by atoms with Crippen LogP contribution in [-0.4, -0.2) is 25.4 Å². The van der Waals surface area contributed by atoms with Gasteiger partial charge in [0.1, 0.15) is 0 Å². The molecule has 3 aliphatic rings. The lowest BCUT2D eigenvalue weighted by Crippen LogP contribution is -2.25. The van der Waals surface area contributed by atoms with Gasteiger partial charge in [0.15, 0.2) is 12.4 Å². The van der Waals surface area contributed by atoms with Crippen LogP contribution in [0, 0.1) is 17.8 Å². The quantitative estimate of drug-likeness (QED) is 0.577. The SMILES string of the molecule is CN1C(=CC(=O)COC(=O)C[C@H]2C[C@H]3CC[C@@H]2C3)C(C)(C)c2ccccc21. The molecule has 3 atom stereocenters. The summed E-state index contributed by atoms with van der Waals surface area (Å²) in [5.74, 6) is 1.62. The van der Waals surface area contributed by atoms with Gasteiger partial charge in [-0.3, -0.25) is 9.59 Å². The fourth-order valence-corrected chi connectivity index (χ4v) is 5.50. The van der Waals surface area contributed by atoms with E-state index in [1.807, 2.05) is 19.2 Å². The molecule has 0 saturated heterocycles. The first-order valence-electron chi connectivity index (χ1n) is 10.1. The summed E-state index contributed by atoms with van der Waals surface area (Å²) in [6, 6.07) is 8.20. The summed E-state index contributed by atoms with van der Waals surface area (Å²) in [5, 5.41) is 0. The average molecular weight is 367 g/mol. The molecule has 2 fully saturated rings. The summed E-state index contributed by atoms with van der Waals surface area (Å²) in [6.07, 6.45) is 7.15. The number of rotatable bonds is 5. The number of esters is 1. The largest absolute Gasteiger partial charge is 0.457 e. The fraction of sp³-hybridized carbons (Fsp3) is 0.565. The normalized spacial score (nSPS) is 29.2. The van der Waals surface area contributed by atoms with Gasteiger partial charge in [-0.1, -0.05) is 38.5 Å². The topological polar surface area (TPSA) is 46.6 Å². The minimum Gasteiger partial charge on any atom is -0.457 e. The smallest absolute Gasteiger partial charge is 0.306 e. The maximum absolute atomic E-state index is 12.5. The van der Waals surface area contributed by atoms with Crippen LogP contribution in [0.5, 0.6) is 0 Å². The van der Waals surface area contributed by atoms with Crippen LogP contribution in [0.15, 0.2) is 36.0 Å². The van der Waals surface area contributed by atoms with Crippen molar-refractivity contribution in [1.29, 1.82) is 0 Å². The highest BCUT2D eigenvalue weighted by molar-refractivity contribution is 5.94. The molecule has 0 N–H and O–H groups in total. The van der Waals surface area contributed by atoms with Crippen LogP contribution in [0.4, 0.5) is 5.69 Å². The molecule has 1 aliphatic heterocycles. The van der Waals surface area contributed by atoms with Gasteiger partial charge < -0.3 is 9.64 Å². The molecule has 2 aliphatic carbocycles. The second-order valence-corrected chi connectivity index (χ2v) is 9.00. The number of fused-ring (bicyclic) bond motifs is 3. The average Bonchev–Trinajstić information content (AvgIpc) is 3.30. The van der Waals surface area contributed by atoms with Gasteiger partial charge in [-0.25, -0.2) is 0 Å². The third kappa shape index (κ3) is 3.30. The van der Waals surface area contributed by atoms with E-state index in [4.69, 9.17) is 4.74 Å². The van der Waals surface area contributed by atoms with Gasteiger partial charge in [0, 0.05) is 36.3 Å². The van der Waals surface area contributed by atoms with E-state index >= 15 is 0 Å². The van der Waals surface area contributed by atoms with Crippen molar-refractivity contribution in [3.05, 3.63) is 41.6 Å². The van der Waals surface area contributed by atoms with Crippen molar-refractivity contribution in [2.45, 2.75) is 51.4 Å². The van der Waals surface area contributed by atoms with Gasteiger partial charge in [-0.15, -0.1) is 0 Å². The van der Waals surface area contributed by atoms with Crippen LogP contribution in [0.1, 0.15) is 51.5 Å². The second-order valence-electron chi connectivity index (χ2n) is 9.00. The number of likely N-dealkylation sites (N-methyl/N-ethyl adjacent to an activating group) is 1. The Labute approximate surface area is 161 Å².